The summed E-state index contributed by atoms with van der Waals surface area (Å²) in [6, 6.07) is 2.62. The molecule has 2 aliphatic rings. The van der Waals surface area contributed by atoms with Gasteiger partial charge in [-0.15, -0.1) is 0 Å². The maximum Gasteiger partial charge on any atom is 0.157 e. The number of fused-ring (bicyclic) bond motifs is 1. The molecule has 2 fully saturated rings. The molecular weight excluding hydrogens is 286 g/mol. The Hall–Kier alpha value is -1.46. The third-order valence-electron chi connectivity index (χ3n) is 5.57. The average molecular weight is 313 g/mol. The number of likely N-dealkylation sites (tertiary alicyclic amines) is 1. The topological polar surface area (TPSA) is 46.0 Å². The molecule has 0 atom stereocenters. The number of hydrogen-bond donors (Lipinski definition) is 1. The molecule has 2 aromatic heterocycles. The summed E-state index contributed by atoms with van der Waals surface area (Å²) in [6.07, 6.45) is 8.01. The standard InChI is InChI=1S/C18H27N5/c1-14(2)23-17-16(11-21-23)9-15(10-20-17)12-22-8-5-18(13-22)3-6-19-7-4-18/h9-11,14,19H,3-8,12-13H2,1-2H3. The van der Waals surface area contributed by atoms with Crippen LogP contribution in [0.2, 0.25) is 0 Å². The molecule has 5 nitrogen and oxygen atoms in total. The van der Waals surface area contributed by atoms with Crippen LogP contribution in [0.5, 0.6) is 0 Å². The lowest BCUT2D eigenvalue weighted by molar-refractivity contribution is 0.194. The predicted octanol–water partition coefficient (Wildman–Crippen LogP) is 2.59. The van der Waals surface area contributed by atoms with Crippen molar-refractivity contribution in [2.75, 3.05) is 26.2 Å². The van der Waals surface area contributed by atoms with Crippen molar-refractivity contribution in [2.24, 2.45) is 5.41 Å². The van der Waals surface area contributed by atoms with Crippen LogP contribution in [0, 0.1) is 5.41 Å². The smallest absolute Gasteiger partial charge is 0.157 e. The summed E-state index contributed by atoms with van der Waals surface area (Å²) in [5, 5.41) is 9.12. The van der Waals surface area contributed by atoms with Crippen molar-refractivity contribution in [3.8, 4) is 0 Å². The number of piperidine rings is 1. The Labute approximate surface area is 138 Å². The molecule has 1 N–H and O–H groups in total. The monoisotopic (exact) mass is 313 g/mol. The van der Waals surface area contributed by atoms with Gasteiger partial charge >= 0.3 is 0 Å². The van der Waals surface area contributed by atoms with Gasteiger partial charge in [-0.05, 0) is 69.8 Å². The fraction of sp³-hybridized carbons (Fsp3) is 0.667. The number of aromatic nitrogens is 3. The summed E-state index contributed by atoms with van der Waals surface area (Å²) in [5.41, 5.74) is 2.89. The molecule has 5 heteroatoms. The van der Waals surface area contributed by atoms with Crippen LogP contribution in [-0.4, -0.2) is 45.8 Å². The highest BCUT2D eigenvalue weighted by molar-refractivity contribution is 5.75. The van der Waals surface area contributed by atoms with Crippen LogP contribution in [0.1, 0.15) is 44.7 Å². The summed E-state index contributed by atoms with van der Waals surface area (Å²) in [6.45, 7) is 10.2. The van der Waals surface area contributed by atoms with E-state index < -0.39 is 0 Å². The summed E-state index contributed by atoms with van der Waals surface area (Å²) in [5.74, 6) is 0. The van der Waals surface area contributed by atoms with Gasteiger partial charge in [0.2, 0.25) is 0 Å². The zero-order valence-corrected chi connectivity index (χ0v) is 14.3. The Bertz CT molecular complexity index is 684. The van der Waals surface area contributed by atoms with Gasteiger partial charge in [-0.25, -0.2) is 9.67 Å². The fourth-order valence-electron chi connectivity index (χ4n) is 4.24. The quantitative estimate of drug-likeness (QED) is 0.946. The lowest BCUT2D eigenvalue weighted by Crippen LogP contribution is -2.38. The van der Waals surface area contributed by atoms with Crippen LogP contribution >= 0.6 is 0 Å². The Kier molecular flexibility index (Phi) is 3.85. The number of rotatable bonds is 3. The van der Waals surface area contributed by atoms with Gasteiger partial charge in [0.05, 0.1) is 6.20 Å². The molecule has 4 heterocycles. The number of hydrogen-bond acceptors (Lipinski definition) is 4. The molecule has 0 bridgehead atoms. The van der Waals surface area contributed by atoms with E-state index in [2.05, 4.69) is 40.2 Å². The second kappa shape index (κ2) is 5.87. The van der Waals surface area contributed by atoms with Crippen LogP contribution in [0.15, 0.2) is 18.5 Å². The minimum Gasteiger partial charge on any atom is -0.317 e. The Balaban J connectivity index is 1.48. The van der Waals surface area contributed by atoms with Gasteiger partial charge in [0.15, 0.2) is 5.65 Å². The SMILES string of the molecule is CC(C)n1ncc2cc(CN3CCC4(CCNCC4)C3)cnc21. The zero-order valence-electron chi connectivity index (χ0n) is 14.3. The lowest BCUT2D eigenvalue weighted by Gasteiger charge is -2.33. The molecule has 2 aliphatic heterocycles. The highest BCUT2D eigenvalue weighted by atomic mass is 15.3. The number of nitrogens with one attached hydrogen (secondary N) is 1. The van der Waals surface area contributed by atoms with Crippen molar-refractivity contribution in [1.82, 2.24) is 25.0 Å². The maximum atomic E-state index is 4.67. The molecule has 2 aromatic rings. The summed E-state index contributed by atoms with van der Waals surface area (Å²) in [4.78, 5) is 7.28. The van der Waals surface area contributed by atoms with Crippen LogP contribution in [0.4, 0.5) is 0 Å². The molecule has 0 amide bonds. The normalized spacial score (nSPS) is 21.7. The Morgan fingerprint density at radius 2 is 2.04 bits per heavy atom. The van der Waals surface area contributed by atoms with Crippen LogP contribution in [0.25, 0.3) is 11.0 Å². The van der Waals surface area contributed by atoms with E-state index in [0.29, 0.717) is 11.5 Å². The highest BCUT2D eigenvalue weighted by Crippen LogP contribution is 2.39. The predicted molar refractivity (Wildman–Crippen MR) is 92.3 cm³/mol. The third-order valence-corrected chi connectivity index (χ3v) is 5.57. The van der Waals surface area contributed by atoms with Crippen molar-refractivity contribution in [3.63, 3.8) is 0 Å². The van der Waals surface area contributed by atoms with Gasteiger partial charge in [-0.1, -0.05) is 0 Å². The molecule has 2 saturated heterocycles. The van der Waals surface area contributed by atoms with Gasteiger partial charge < -0.3 is 5.32 Å². The summed E-state index contributed by atoms with van der Waals surface area (Å²) < 4.78 is 2.00. The van der Waals surface area contributed by atoms with Crippen molar-refractivity contribution in [2.45, 2.75) is 45.7 Å². The molecule has 0 radical (unpaired) electrons. The number of nitrogens with zero attached hydrogens (tertiary/aromatic N) is 4. The molecule has 4 rings (SSSR count). The molecule has 0 aliphatic carbocycles. The lowest BCUT2D eigenvalue weighted by atomic mass is 9.78. The van der Waals surface area contributed by atoms with Crippen molar-refractivity contribution >= 4 is 11.0 Å². The highest BCUT2D eigenvalue weighted by Gasteiger charge is 2.38. The molecule has 1 spiro atoms. The van der Waals surface area contributed by atoms with E-state index in [9.17, 15) is 0 Å². The van der Waals surface area contributed by atoms with Crippen molar-refractivity contribution in [1.29, 1.82) is 0 Å². The van der Waals surface area contributed by atoms with E-state index in [1.807, 2.05) is 17.1 Å². The van der Waals surface area contributed by atoms with Crippen molar-refractivity contribution in [3.05, 3.63) is 24.0 Å². The first kappa shape index (κ1) is 15.1. The minimum absolute atomic E-state index is 0.351. The second-order valence-corrected chi connectivity index (χ2v) is 7.65. The molecular formula is C18H27N5. The zero-order chi connectivity index (χ0) is 15.9. The van der Waals surface area contributed by atoms with E-state index >= 15 is 0 Å². The molecule has 23 heavy (non-hydrogen) atoms. The van der Waals surface area contributed by atoms with Gasteiger partial charge in [0, 0.05) is 30.7 Å². The second-order valence-electron chi connectivity index (χ2n) is 7.65. The molecule has 0 aromatic carbocycles. The maximum absolute atomic E-state index is 4.67. The minimum atomic E-state index is 0.351. The van der Waals surface area contributed by atoms with Crippen LogP contribution in [-0.2, 0) is 6.54 Å². The Morgan fingerprint density at radius 3 is 2.83 bits per heavy atom. The number of pyridine rings is 1. The van der Waals surface area contributed by atoms with Gasteiger partial charge in [-0.3, -0.25) is 4.90 Å². The van der Waals surface area contributed by atoms with Crippen LogP contribution < -0.4 is 5.32 Å². The Morgan fingerprint density at radius 1 is 1.22 bits per heavy atom. The fourth-order valence-corrected chi connectivity index (χ4v) is 4.24. The molecule has 0 saturated carbocycles. The first-order valence-corrected chi connectivity index (χ1v) is 8.90. The third kappa shape index (κ3) is 2.88. The van der Waals surface area contributed by atoms with E-state index in [1.54, 1.807) is 0 Å². The summed E-state index contributed by atoms with van der Waals surface area (Å²) in [7, 11) is 0. The van der Waals surface area contributed by atoms with E-state index in [0.717, 1.165) is 17.6 Å². The largest absolute Gasteiger partial charge is 0.317 e. The van der Waals surface area contributed by atoms with Gasteiger partial charge in [-0.2, -0.15) is 5.10 Å². The first-order valence-electron chi connectivity index (χ1n) is 8.90. The first-order chi connectivity index (χ1) is 11.2. The molecule has 0 unspecified atom stereocenters. The van der Waals surface area contributed by atoms with E-state index in [-0.39, 0.29) is 0 Å². The molecule has 124 valence electrons. The average Bonchev–Trinajstić information content (AvgIpc) is 3.12. The van der Waals surface area contributed by atoms with E-state index in [4.69, 9.17) is 0 Å². The van der Waals surface area contributed by atoms with E-state index in [1.165, 1.54) is 51.0 Å². The summed E-state index contributed by atoms with van der Waals surface area (Å²) >= 11 is 0. The van der Waals surface area contributed by atoms with Crippen molar-refractivity contribution < 1.29 is 0 Å². The van der Waals surface area contributed by atoms with Gasteiger partial charge in [0.1, 0.15) is 0 Å². The van der Waals surface area contributed by atoms with Gasteiger partial charge in [0.25, 0.3) is 0 Å². The van der Waals surface area contributed by atoms with Crippen LogP contribution in [0.3, 0.4) is 0 Å².